The minimum absolute atomic E-state index is 0.0371. The van der Waals surface area contributed by atoms with Crippen LogP contribution in [0.15, 0.2) is 30.2 Å². The second-order valence-corrected chi connectivity index (χ2v) is 4.82. The molecule has 3 rings (SSSR count). The van der Waals surface area contributed by atoms with E-state index in [1.54, 1.807) is 30.6 Å². The third kappa shape index (κ3) is 2.55. The van der Waals surface area contributed by atoms with Gasteiger partial charge in [-0.05, 0) is 36.6 Å². The Morgan fingerprint density at radius 1 is 1.40 bits per heavy atom. The highest BCUT2D eigenvalue weighted by Gasteiger charge is 2.35. The van der Waals surface area contributed by atoms with Crippen LogP contribution in [0.5, 0.6) is 0 Å². The number of rotatable bonds is 3. The van der Waals surface area contributed by atoms with Crippen molar-refractivity contribution in [2.45, 2.75) is 18.9 Å². The Bertz CT molecular complexity index is 550. The van der Waals surface area contributed by atoms with Gasteiger partial charge in [0, 0.05) is 19.0 Å². The fourth-order valence-corrected chi connectivity index (χ4v) is 2.36. The van der Waals surface area contributed by atoms with E-state index in [9.17, 15) is 9.59 Å². The first-order chi connectivity index (χ1) is 9.74. The second-order valence-electron chi connectivity index (χ2n) is 4.82. The van der Waals surface area contributed by atoms with Crippen LogP contribution in [0, 0.1) is 0 Å². The number of aromatic nitrogens is 1. The minimum Gasteiger partial charge on any atom is -0.376 e. The van der Waals surface area contributed by atoms with Crippen LogP contribution in [0.3, 0.4) is 0 Å². The Morgan fingerprint density at radius 2 is 2.20 bits per heavy atom. The number of carbonyl (C=O) groups is 2. The predicted octanol–water partition coefficient (Wildman–Crippen LogP) is 1.15. The van der Waals surface area contributed by atoms with Crippen molar-refractivity contribution in [1.29, 1.82) is 0 Å². The molecule has 104 valence electrons. The molecule has 2 saturated heterocycles. The lowest BCUT2D eigenvalue weighted by atomic mass is 10.2. The highest BCUT2D eigenvalue weighted by molar-refractivity contribution is 6.13. The van der Waals surface area contributed by atoms with E-state index in [1.807, 2.05) is 0 Å². The molecule has 3 amide bonds. The lowest BCUT2D eigenvalue weighted by molar-refractivity contribution is -0.123. The molecule has 0 radical (unpaired) electrons. The molecule has 1 atom stereocenters. The molecule has 1 unspecified atom stereocenters. The van der Waals surface area contributed by atoms with Gasteiger partial charge in [0.05, 0.1) is 12.6 Å². The Hall–Kier alpha value is -2.21. The zero-order chi connectivity index (χ0) is 13.9. The van der Waals surface area contributed by atoms with Gasteiger partial charge in [-0.15, -0.1) is 0 Å². The monoisotopic (exact) mass is 273 g/mol. The zero-order valence-electron chi connectivity index (χ0n) is 10.9. The third-order valence-corrected chi connectivity index (χ3v) is 3.39. The Balaban J connectivity index is 1.74. The van der Waals surface area contributed by atoms with Crippen LogP contribution in [0.1, 0.15) is 18.4 Å². The number of carbonyl (C=O) groups excluding carboxylic acids is 2. The van der Waals surface area contributed by atoms with Gasteiger partial charge in [-0.2, -0.15) is 0 Å². The fraction of sp³-hybridized carbons (Fsp3) is 0.357. The van der Waals surface area contributed by atoms with Crippen molar-refractivity contribution in [1.82, 2.24) is 15.2 Å². The first kappa shape index (κ1) is 12.8. The minimum atomic E-state index is -0.384. The van der Waals surface area contributed by atoms with Crippen molar-refractivity contribution in [3.05, 3.63) is 35.8 Å². The Kier molecular flexibility index (Phi) is 3.47. The molecule has 20 heavy (non-hydrogen) atoms. The number of amides is 3. The average molecular weight is 273 g/mol. The van der Waals surface area contributed by atoms with Crippen LogP contribution in [0.2, 0.25) is 0 Å². The SMILES string of the molecule is O=C1N/C(=C\c2ccncc2)C(=O)N1CC1CCCO1. The van der Waals surface area contributed by atoms with Crippen LogP contribution in [-0.4, -0.2) is 41.1 Å². The molecule has 1 aromatic rings. The molecule has 3 heterocycles. The number of hydrogen-bond acceptors (Lipinski definition) is 4. The first-order valence-corrected chi connectivity index (χ1v) is 6.60. The summed E-state index contributed by atoms with van der Waals surface area (Å²) in [5.74, 6) is -0.303. The summed E-state index contributed by atoms with van der Waals surface area (Å²) >= 11 is 0. The van der Waals surface area contributed by atoms with E-state index >= 15 is 0 Å². The summed E-state index contributed by atoms with van der Waals surface area (Å²) in [4.78, 5) is 29.2. The maximum absolute atomic E-state index is 12.2. The summed E-state index contributed by atoms with van der Waals surface area (Å²) in [5, 5.41) is 2.60. The zero-order valence-corrected chi connectivity index (χ0v) is 10.9. The van der Waals surface area contributed by atoms with E-state index in [0.717, 1.165) is 18.4 Å². The van der Waals surface area contributed by atoms with Gasteiger partial charge in [-0.25, -0.2) is 4.79 Å². The van der Waals surface area contributed by atoms with Crippen LogP contribution in [-0.2, 0) is 9.53 Å². The van der Waals surface area contributed by atoms with Crippen molar-refractivity contribution >= 4 is 18.0 Å². The van der Waals surface area contributed by atoms with Crippen LogP contribution in [0.4, 0.5) is 4.79 Å². The third-order valence-electron chi connectivity index (χ3n) is 3.39. The van der Waals surface area contributed by atoms with Crippen LogP contribution < -0.4 is 5.32 Å². The van der Waals surface area contributed by atoms with E-state index in [0.29, 0.717) is 18.8 Å². The number of ether oxygens (including phenoxy) is 1. The summed E-state index contributed by atoms with van der Waals surface area (Å²) in [6.07, 6.45) is 6.76. The first-order valence-electron chi connectivity index (χ1n) is 6.60. The lowest BCUT2D eigenvalue weighted by Gasteiger charge is -2.16. The maximum atomic E-state index is 12.2. The van der Waals surface area contributed by atoms with Gasteiger partial charge in [-0.1, -0.05) is 0 Å². The Morgan fingerprint density at radius 3 is 2.90 bits per heavy atom. The fourth-order valence-electron chi connectivity index (χ4n) is 2.36. The molecule has 0 bridgehead atoms. The molecular weight excluding hydrogens is 258 g/mol. The molecule has 2 aliphatic rings. The molecule has 2 aliphatic heterocycles. The van der Waals surface area contributed by atoms with E-state index in [1.165, 1.54) is 4.90 Å². The smallest absolute Gasteiger partial charge is 0.329 e. The summed E-state index contributed by atoms with van der Waals surface area (Å²) in [6.45, 7) is 1.02. The predicted molar refractivity (Wildman–Crippen MR) is 71.4 cm³/mol. The molecule has 1 aromatic heterocycles. The highest BCUT2D eigenvalue weighted by Crippen LogP contribution is 2.18. The molecule has 6 heteroatoms. The van der Waals surface area contributed by atoms with Gasteiger partial charge in [0.2, 0.25) is 0 Å². The summed E-state index contributed by atoms with van der Waals surface area (Å²) in [6, 6.07) is 3.16. The summed E-state index contributed by atoms with van der Waals surface area (Å²) < 4.78 is 5.46. The number of imide groups is 1. The van der Waals surface area contributed by atoms with Crippen molar-refractivity contribution < 1.29 is 14.3 Å². The lowest BCUT2D eigenvalue weighted by Crippen LogP contribution is -2.37. The van der Waals surface area contributed by atoms with Gasteiger partial charge < -0.3 is 10.1 Å². The summed E-state index contributed by atoms with van der Waals surface area (Å²) in [7, 11) is 0. The average Bonchev–Trinajstić information content (AvgIpc) is 3.05. The van der Waals surface area contributed by atoms with Crippen molar-refractivity contribution in [3.8, 4) is 0 Å². The van der Waals surface area contributed by atoms with Crippen molar-refractivity contribution in [3.63, 3.8) is 0 Å². The molecule has 0 aromatic carbocycles. The molecular formula is C14H15N3O3. The van der Waals surface area contributed by atoms with Gasteiger partial charge in [0.1, 0.15) is 5.70 Å². The number of nitrogens with zero attached hydrogens (tertiary/aromatic N) is 2. The van der Waals surface area contributed by atoms with E-state index < -0.39 is 0 Å². The molecule has 0 spiro atoms. The quantitative estimate of drug-likeness (QED) is 0.662. The van der Waals surface area contributed by atoms with Gasteiger partial charge in [0.25, 0.3) is 5.91 Å². The highest BCUT2D eigenvalue weighted by atomic mass is 16.5. The van der Waals surface area contributed by atoms with Gasteiger partial charge >= 0.3 is 6.03 Å². The Labute approximate surface area is 116 Å². The summed E-state index contributed by atoms with van der Waals surface area (Å²) in [5.41, 5.74) is 1.11. The number of nitrogens with one attached hydrogen (secondary N) is 1. The van der Waals surface area contributed by atoms with E-state index in [-0.39, 0.29) is 18.0 Å². The number of urea groups is 1. The number of pyridine rings is 1. The largest absolute Gasteiger partial charge is 0.376 e. The molecule has 6 nitrogen and oxygen atoms in total. The second kappa shape index (κ2) is 5.42. The normalized spacial score (nSPS) is 24.5. The van der Waals surface area contributed by atoms with Crippen LogP contribution in [0.25, 0.3) is 6.08 Å². The van der Waals surface area contributed by atoms with Crippen LogP contribution >= 0.6 is 0 Å². The van der Waals surface area contributed by atoms with Crippen molar-refractivity contribution in [2.24, 2.45) is 0 Å². The molecule has 2 fully saturated rings. The van der Waals surface area contributed by atoms with Crippen molar-refractivity contribution in [2.75, 3.05) is 13.2 Å². The maximum Gasteiger partial charge on any atom is 0.329 e. The molecule has 1 N–H and O–H groups in total. The topological polar surface area (TPSA) is 71.5 Å². The van der Waals surface area contributed by atoms with Gasteiger partial charge in [-0.3, -0.25) is 14.7 Å². The molecule has 0 saturated carbocycles. The van der Waals surface area contributed by atoms with E-state index in [4.69, 9.17) is 4.74 Å². The molecule has 0 aliphatic carbocycles. The van der Waals surface area contributed by atoms with E-state index in [2.05, 4.69) is 10.3 Å². The number of hydrogen-bond donors (Lipinski definition) is 1. The van der Waals surface area contributed by atoms with Gasteiger partial charge in [0.15, 0.2) is 0 Å². The standard InChI is InChI=1S/C14H15N3O3/c18-13-12(8-10-3-5-15-6-4-10)16-14(19)17(13)9-11-2-1-7-20-11/h3-6,8,11H,1-2,7,9H2,(H,16,19)/b12-8-.